The van der Waals surface area contributed by atoms with Crippen molar-refractivity contribution in [3.63, 3.8) is 0 Å². The lowest BCUT2D eigenvalue weighted by molar-refractivity contribution is -0.150. The minimum Gasteiger partial charge on any atom is -0.488 e. The van der Waals surface area contributed by atoms with E-state index in [4.69, 9.17) is 21.1 Å². The van der Waals surface area contributed by atoms with Crippen LogP contribution in [-0.2, 0) is 22.7 Å². The Morgan fingerprint density at radius 3 is 2.53 bits per heavy atom. The number of pyridine rings is 1. The highest BCUT2D eigenvalue weighted by Crippen LogP contribution is 2.39. The zero-order valence-corrected chi connectivity index (χ0v) is 27.6. The number of aliphatic carboxylic acids is 1. The first kappa shape index (κ1) is 33.6. The summed E-state index contributed by atoms with van der Waals surface area (Å²) in [5, 5.41) is 19.8. The summed E-state index contributed by atoms with van der Waals surface area (Å²) < 4.78 is 12.9. The first-order valence-electron chi connectivity index (χ1n) is 15.4. The predicted octanol–water partition coefficient (Wildman–Crippen LogP) is 6.94. The van der Waals surface area contributed by atoms with E-state index in [-0.39, 0.29) is 19.1 Å². The molecule has 1 unspecified atom stereocenters. The molecule has 0 bridgehead atoms. The summed E-state index contributed by atoms with van der Waals surface area (Å²) in [5.74, 6) is -0.487. The van der Waals surface area contributed by atoms with Crippen molar-refractivity contribution in [3.8, 4) is 22.9 Å². The molecule has 0 aliphatic carbocycles. The van der Waals surface area contributed by atoms with Gasteiger partial charge in [0, 0.05) is 54.7 Å². The Labute approximate surface area is 279 Å². The number of benzene rings is 3. The van der Waals surface area contributed by atoms with Gasteiger partial charge in [-0.2, -0.15) is 5.26 Å². The summed E-state index contributed by atoms with van der Waals surface area (Å²) in [6.07, 6.45) is 3.54. The van der Waals surface area contributed by atoms with Gasteiger partial charge in [-0.25, -0.2) is 0 Å². The van der Waals surface area contributed by atoms with Gasteiger partial charge in [0.2, 0.25) is 0 Å². The molecule has 47 heavy (non-hydrogen) atoms. The lowest BCUT2D eigenvalue weighted by atomic mass is 9.91. The van der Waals surface area contributed by atoms with Crippen molar-refractivity contribution in [2.24, 2.45) is 0 Å². The van der Waals surface area contributed by atoms with Crippen molar-refractivity contribution in [1.29, 1.82) is 5.26 Å². The molecule has 1 saturated heterocycles. The zero-order valence-electron chi connectivity index (χ0n) is 26.9. The summed E-state index contributed by atoms with van der Waals surface area (Å²) >= 11 is 6.50. The summed E-state index contributed by atoms with van der Waals surface area (Å²) in [6.45, 7) is 4.82. The second-order valence-electron chi connectivity index (χ2n) is 11.8. The molecule has 1 N–H and O–H groups in total. The van der Waals surface area contributed by atoms with Gasteiger partial charge in [-0.3, -0.25) is 19.5 Å². The third kappa shape index (κ3) is 7.47. The van der Waals surface area contributed by atoms with E-state index in [2.05, 4.69) is 11.1 Å². The Morgan fingerprint density at radius 2 is 1.81 bits per heavy atom. The van der Waals surface area contributed by atoms with Gasteiger partial charge < -0.3 is 19.5 Å². The predicted molar refractivity (Wildman–Crippen MR) is 179 cm³/mol. The molecule has 10 heteroatoms. The van der Waals surface area contributed by atoms with Crippen molar-refractivity contribution >= 4 is 23.5 Å². The average Bonchev–Trinajstić information content (AvgIpc) is 3.55. The standard InChI is InChI=1S/C37H37ClN4O5/c1-23-27(8-5-9-29(23)30-10-6-11-31(24(30)2)35(43)41(3)4)22-47-36(42-15-7-12-33(42)37(44)45)32-17-28(38)13-14-34(32)46-21-26-16-25(18-39)19-40-20-26/h5-6,8-11,13-14,16-17,19-20,33,36H,7,12,15,21-22H2,1-4H3,(H,44,45)/t33-,36?/m0/s1. The molecular weight excluding hydrogens is 616 g/mol. The Hall–Kier alpha value is -4.75. The molecule has 5 rings (SSSR count). The molecule has 9 nitrogen and oxygen atoms in total. The number of halogens is 1. The minimum absolute atomic E-state index is 0.0588. The molecule has 0 radical (unpaired) electrons. The number of hydrogen-bond donors (Lipinski definition) is 1. The first-order chi connectivity index (χ1) is 22.6. The number of rotatable bonds is 11. The van der Waals surface area contributed by atoms with Gasteiger partial charge in [0.15, 0.2) is 0 Å². The lowest BCUT2D eigenvalue weighted by Gasteiger charge is -2.32. The number of carboxylic acid groups (broad SMARTS) is 1. The quantitative estimate of drug-likeness (QED) is 0.185. The van der Waals surface area contributed by atoms with Gasteiger partial charge in [0.1, 0.15) is 30.7 Å². The SMILES string of the molecule is Cc1c(COC(c2cc(Cl)ccc2OCc2cncc(C#N)c2)N2CCC[C@H]2C(=O)O)cccc1-c1cccc(C(=O)N(C)C)c1C. The van der Waals surface area contributed by atoms with E-state index >= 15 is 0 Å². The molecular formula is C37H37ClN4O5. The number of aromatic nitrogens is 1. The van der Waals surface area contributed by atoms with Crippen LogP contribution in [-0.4, -0.2) is 58.4 Å². The van der Waals surface area contributed by atoms with Crippen molar-refractivity contribution in [1.82, 2.24) is 14.8 Å². The van der Waals surface area contributed by atoms with Crippen molar-refractivity contribution in [2.45, 2.75) is 52.2 Å². The van der Waals surface area contributed by atoms with Crippen LogP contribution in [0.2, 0.25) is 5.02 Å². The smallest absolute Gasteiger partial charge is 0.321 e. The number of amides is 1. The Balaban J connectivity index is 1.49. The van der Waals surface area contributed by atoms with Crippen LogP contribution < -0.4 is 4.74 Å². The first-order valence-corrected chi connectivity index (χ1v) is 15.7. The fraction of sp³-hybridized carbons (Fsp3) is 0.297. The molecule has 1 amide bonds. The molecule has 1 aliphatic heterocycles. The third-order valence-corrected chi connectivity index (χ3v) is 8.78. The maximum Gasteiger partial charge on any atom is 0.321 e. The van der Waals surface area contributed by atoms with Crippen LogP contribution in [0.15, 0.2) is 73.1 Å². The Morgan fingerprint density at radius 1 is 1.06 bits per heavy atom. The van der Waals surface area contributed by atoms with E-state index in [9.17, 15) is 20.0 Å². The summed E-state index contributed by atoms with van der Waals surface area (Å²) in [6, 6.07) is 20.0. The number of ether oxygens (including phenoxy) is 2. The van der Waals surface area contributed by atoms with E-state index < -0.39 is 18.2 Å². The third-order valence-electron chi connectivity index (χ3n) is 8.54. The van der Waals surface area contributed by atoms with E-state index in [1.54, 1.807) is 49.5 Å². The normalized spacial score (nSPS) is 15.2. The Kier molecular flexibility index (Phi) is 10.6. The van der Waals surface area contributed by atoms with Crippen LogP contribution in [0.4, 0.5) is 0 Å². The molecule has 0 spiro atoms. The number of nitrogens with zero attached hydrogens (tertiary/aromatic N) is 4. The maximum absolute atomic E-state index is 12.8. The number of carbonyl (C=O) groups excluding carboxylic acids is 1. The van der Waals surface area contributed by atoms with Crippen LogP contribution in [0.1, 0.15) is 62.8 Å². The summed E-state index contributed by atoms with van der Waals surface area (Å²) in [7, 11) is 3.48. The average molecular weight is 653 g/mol. The van der Waals surface area contributed by atoms with E-state index in [1.807, 2.05) is 55.1 Å². The second-order valence-corrected chi connectivity index (χ2v) is 12.3. The summed E-state index contributed by atoms with van der Waals surface area (Å²) in [5.41, 5.74) is 7.14. The van der Waals surface area contributed by atoms with Gasteiger partial charge in [-0.1, -0.05) is 41.9 Å². The second kappa shape index (κ2) is 14.8. The monoisotopic (exact) mass is 652 g/mol. The number of likely N-dealkylation sites (tertiary alicyclic amines) is 1. The molecule has 0 saturated carbocycles. The van der Waals surface area contributed by atoms with Crippen LogP contribution in [0.3, 0.4) is 0 Å². The molecule has 2 atom stereocenters. The molecule has 1 aliphatic rings. The van der Waals surface area contributed by atoms with Crippen LogP contribution in [0.25, 0.3) is 11.1 Å². The highest BCUT2D eigenvalue weighted by molar-refractivity contribution is 6.30. The summed E-state index contributed by atoms with van der Waals surface area (Å²) in [4.78, 5) is 32.7. The van der Waals surface area contributed by atoms with Crippen LogP contribution in [0, 0.1) is 25.2 Å². The largest absolute Gasteiger partial charge is 0.488 e. The maximum atomic E-state index is 12.8. The molecule has 242 valence electrons. The highest BCUT2D eigenvalue weighted by Gasteiger charge is 2.38. The van der Waals surface area contributed by atoms with Gasteiger partial charge in [0.25, 0.3) is 5.91 Å². The molecule has 4 aromatic rings. The Bertz CT molecular complexity index is 1840. The van der Waals surface area contributed by atoms with Gasteiger partial charge >= 0.3 is 5.97 Å². The van der Waals surface area contributed by atoms with E-state index in [0.717, 1.165) is 27.8 Å². The minimum atomic E-state index is -0.916. The van der Waals surface area contributed by atoms with Crippen molar-refractivity contribution in [3.05, 3.63) is 117 Å². The highest BCUT2D eigenvalue weighted by atomic mass is 35.5. The molecule has 2 heterocycles. The molecule has 3 aromatic carbocycles. The van der Waals surface area contributed by atoms with Gasteiger partial charge in [-0.15, -0.1) is 0 Å². The number of carboxylic acids is 1. The van der Waals surface area contributed by atoms with Crippen LogP contribution in [0.5, 0.6) is 5.75 Å². The zero-order chi connectivity index (χ0) is 33.7. The van der Waals surface area contributed by atoms with E-state index in [1.165, 1.54) is 6.20 Å². The number of nitriles is 1. The molecule has 1 fully saturated rings. The number of hydrogen-bond acceptors (Lipinski definition) is 7. The number of carbonyl (C=O) groups is 2. The van der Waals surface area contributed by atoms with E-state index in [0.29, 0.717) is 52.4 Å². The fourth-order valence-corrected chi connectivity index (χ4v) is 6.21. The topological polar surface area (TPSA) is 116 Å². The fourth-order valence-electron chi connectivity index (χ4n) is 6.03. The van der Waals surface area contributed by atoms with Crippen molar-refractivity contribution in [2.75, 3.05) is 20.6 Å². The van der Waals surface area contributed by atoms with Crippen molar-refractivity contribution < 1.29 is 24.2 Å². The van der Waals surface area contributed by atoms with Gasteiger partial charge in [-0.05, 0) is 84.8 Å². The lowest BCUT2D eigenvalue weighted by Crippen LogP contribution is -2.40. The van der Waals surface area contributed by atoms with Gasteiger partial charge in [0.05, 0.1) is 12.2 Å². The van der Waals surface area contributed by atoms with Crippen LogP contribution >= 0.6 is 11.6 Å². The molecule has 1 aromatic heterocycles.